The van der Waals surface area contributed by atoms with Gasteiger partial charge in [0, 0.05) is 11.5 Å². The number of aliphatic carboxylic acids is 1. The number of fused-ring (bicyclic) bond motifs is 1. The minimum Gasteiger partial charge on any atom is -0.477 e. The highest BCUT2D eigenvalue weighted by molar-refractivity contribution is 8.01. The fourth-order valence-corrected chi connectivity index (χ4v) is 5.37. The highest BCUT2D eigenvalue weighted by Gasteiger charge is 2.51. The molecule has 7 nitrogen and oxygen atoms in total. The van der Waals surface area contributed by atoms with Gasteiger partial charge in [0.1, 0.15) is 17.1 Å². The number of β-lactam (4-membered cyclic amide) rings is 1. The van der Waals surface area contributed by atoms with Crippen LogP contribution in [0.15, 0.2) is 15.6 Å². The summed E-state index contributed by atoms with van der Waals surface area (Å²) in [6, 6.07) is -0.726. The lowest BCUT2D eigenvalue weighted by Crippen LogP contribution is -2.68. The van der Waals surface area contributed by atoms with Crippen LogP contribution >= 0.6 is 34.9 Å². The maximum Gasteiger partial charge on any atom is 0.445 e. The summed E-state index contributed by atoms with van der Waals surface area (Å²) in [5.41, 5.74) is 5.94. The van der Waals surface area contributed by atoms with E-state index in [0.717, 1.165) is 16.7 Å². The Hall–Kier alpha value is -1.31. The molecule has 2 atom stereocenters. The molecule has 0 radical (unpaired) electrons. The van der Waals surface area contributed by atoms with Crippen LogP contribution in [0.4, 0.5) is 13.2 Å². The van der Waals surface area contributed by atoms with E-state index in [1.165, 1.54) is 11.8 Å². The highest BCUT2D eigenvalue weighted by atomic mass is 32.2. The Morgan fingerprint density at radius 1 is 1.46 bits per heavy atom. The van der Waals surface area contributed by atoms with Gasteiger partial charge in [-0.05, 0) is 5.57 Å². The third kappa shape index (κ3) is 3.00. The number of halogens is 3. The van der Waals surface area contributed by atoms with Crippen LogP contribution in [0.2, 0.25) is 0 Å². The summed E-state index contributed by atoms with van der Waals surface area (Å²) < 4.78 is 37.6. The minimum atomic E-state index is -4.56. The molecule has 1 saturated heterocycles. The number of carbonyl (C=O) groups excluding carboxylic acids is 1. The van der Waals surface area contributed by atoms with E-state index in [9.17, 15) is 27.9 Å². The Morgan fingerprint density at radius 2 is 2.17 bits per heavy atom. The number of nitrogens with two attached hydrogens (primary N) is 1. The first kappa shape index (κ1) is 17.5. The van der Waals surface area contributed by atoms with Crippen LogP contribution in [0.1, 0.15) is 5.01 Å². The van der Waals surface area contributed by atoms with Crippen LogP contribution in [0.5, 0.6) is 0 Å². The molecule has 3 rings (SSSR count). The van der Waals surface area contributed by atoms with Crippen molar-refractivity contribution in [1.29, 1.82) is 0 Å². The predicted octanol–water partition coefficient (Wildman–Crippen LogP) is 1.23. The van der Waals surface area contributed by atoms with Gasteiger partial charge in [0.25, 0.3) is 0 Å². The summed E-state index contributed by atoms with van der Waals surface area (Å²) in [6.07, 6.45) is -4.56. The number of hydrogen-bond acceptors (Lipinski definition) is 8. The van der Waals surface area contributed by atoms with Gasteiger partial charge in [0.15, 0.2) is 4.34 Å². The van der Waals surface area contributed by atoms with Crippen molar-refractivity contribution in [3.8, 4) is 0 Å². The number of carboxylic acid groups (broad SMARTS) is 1. The number of thioether (sulfide) groups is 2. The van der Waals surface area contributed by atoms with Crippen LogP contribution in [-0.4, -0.2) is 55.0 Å². The van der Waals surface area contributed by atoms with Crippen molar-refractivity contribution in [2.75, 3.05) is 11.5 Å². The number of rotatable bonds is 4. The average molecular weight is 398 g/mol. The Morgan fingerprint density at radius 3 is 2.75 bits per heavy atom. The fraction of sp³-hybridized carbons (Fsp3) is 0.455. The molecule has 13 heteroatoms. The Kier molecular flexibility index (Phi) is 4.53. The van der Waals surface area contributed by atoms with E-state index in [-0.39, 0.29) is 15.8 Å². The zero-order valence-corrected chi connectivity index (χ0v) is 14.1. The second-order valence-electron chi connectivity index (χ2n) is 4.85. The van der Waals surface area contributed by atoms with Crippen LogP contribution in [-0.2, 0) is 15.8 Å². The monoisotopic (exact) mass is 398 g/mol. The molecule has 130 valence electrons. The molecule has 24 heavy (non-hydrogen) atoms. The molecule has 0 spiro atoms. The van der Waals surface area contributed by atoms with E-state index in [0.29, 0.717) is 22.7 Å². The Bertz CT molecular complexity index is 736. The molecule has 2 aliphatic heterocycles. The predicted molar refractivity (Wildman–Crippen MR) is 81.4 cm³/mol. The number of aromatic nitrogens is 2. The van der Waals surface area contributed by atoms with E-state index in [1.54, 1.807) is 0 Å². The van der Waals surface area contributed by atoms with Gasteiger partial charge in [-0.15, -0.1) is 22.0 Å². The number of alkyl halides is 3. The molecule has 0 bridgehead atoms. The lowest BCUT2D eigenvalue weighted by molar-refractivity contribution is -0.147. The molecule has 3 heterocycles. The van der Waals surface area contributed by atoms with Gasteiger partial charge >= 0.3 is 12.1 Å². The summed E-state index contributed by atoms with van der Waals surface area (Å²) in [6.45, 7) is 0. The van der Waals surface area contributed by atoms with Gasteiger partial charge in [-0.3, -0.25) is 9.69 Å². The first-order chi connectivity index (χ1) is 11.2. The van der Waals surface area contributed by atoms with E-state index in [4.69, 9.17) is 5.73 Å². The van der Waals surface area contributed by atoms with Gasteiger partial charge in [-0.2, -0.15) is 13.2 Å². The molecule has 0 aromatic carbocycles. The van der Waals surface area contributed by atoms with E-state index in [1.807, 2.05) is 0 Å². The van der Waals surface area contributed by atoms with E-state index < -0.39 is 34.5 Å². The first-order valence-corrected chi connectivity index (χ1v) is 9.24. The molecular formula is C11H9F3N4O3S3. The van der Waals surface area contributed by atoms with E-state index in [2.05, 4.69) is 10.2 Å². The molecule has 2 aliphatic rings. The minimum absolute atomic E-state index is 0.0818. The lowest BCUT2D eigenvalue weighted by Gasteiger charge is -2.48. The summed E-state index contributed by atoms with van der Waals surface area (Å²) >= 11 is 2.68. The lowest BCUT2D eigenvalue weighted by atomic mass is 10.0. The zero-order chi connectivity index (χ0) is 17.6. The van der Waals surface area contributed by atoms with Crippen molar-refractivity contribution < 1.29 is 27.9 Å². The fourth-order valence-electron chi connectivity index (χ4n) is 2.22. The number of nitrogens with zero attached hydrogens (tertiary/aromatic N) is 3. The molecule has 3 N–H and O–H groups in total. The normalized spacial score (nSPS) is 24.0. The third-order valence-corrected chi connectivity index (χ3v) is 6.86. The molecule has 1 fully saturated rings. The average Bonchev–Trinajstić information content (AvgIpc) is 3.00. The van der Waals surface area contributed by atoms with Crippen molar-refractivity contribution in [2.45, 2.75) is 21.9 Å². The van der Waals surface area contributed by atoms with Crippen LogP contribution in [0, 0.1) is 0 Å². The summed E-state index contributed by atoms with van der Waals surface area (Å²) in [5, 5.41) is 14.4. The summed E-state index contributed by atoms with van der Waals surface area (Å²) in [5.74, 6) is -1.29. The number of carboxylic acids is 1. The summed E-state index contributed by atoms with van der Waals surface area (Å²) in [4.78, 5) is 24.4. The van der Waals surface area contributed by atoms with Gasteiger partial charge in [0.2, 0.25) is 10.9 Å². The van der Waals surface area contributed by atoms with Crippen molar-refractivity contribution in [2.24, 2.45) is 5.73 Å². The second-order valence-corrected chi connectivity index (χ2v) is 8.16. The maximum absolute atomic E-state index is 12.5. The van der Waals surface area contributed by atoms with Crippen molar-refractivity contribution >= 4 is 46.7 Å². The Balaban J connectivity index is 1.77. The number of carbonyl (C=O) groups is 2. The first-order valence-electron chi connectivity index (χ1n) is 6.39. The molecule has 1 unspecified atom stereocenters. The van der Waals surface area contributed by atoms with Gasteiger partial charge in [-0.1, -0.05) is 23.1 Å². The molecular weight excluding hydrogens is 389 g/mol. The molecule has 1 amide bonds. The highest BCUT2D eigenvalue weighted by Crippen LogP contribution is 2.41. The standard InChI is InChI=1S/C11H9F3N4O3S3/c12-11(13,14)9-16-17-10(24-9)23-2-3-1-22-7-4(15)6(19)18(7)5(3)8(20)21/h4,7H,1-2,15H2,(H,20,21)/t4?,7-/m1/s1. The van der Waals surface area contributed by atoms with Gasteiger partial charge in [-0.25, -0.2) is 4.79 Å². The smallest absolute Gasteiger partial charge is 0.445 e. The maximum atomic E-state index is 12.5. The molecule has 1 aromatic rings. The van der Waals surface area contributed by atoms with Gasteiger partial charge < -0.3 is 10.8 Å². The topological polar surface area (TPSA) is 109 Å². The van der Waals surface area contributed by atoms with Gasteiger partial charge in [0.05, 0.1) is 0 Å². The molecule has 1 aromatic heterocycles. The van der Waals surface area contributed by atoms with Crippen LogP contribution in [0.25, 0.3) is 0 Å². The Labute approximate surface area is 145 Å². The van der Waals surface area contributed by atoms with Crippen molar-refractivity contribution in [3.05, 3.63) is 16.3 Å². The molecule has 0 saturated carbocycles. The second kappa shape index (κ2) is 6.20. The largest absolute Gasteiger partial charge is 0.477 e. The number of hydrogen-bond donors (Lipinski definition) is 2. The van der Waals surface area contributed by atoms with Crippen LogP contribution < -0.4 is 5.73 Å². The SMILES string of the molecule is NC1C(=O)N2C(C(=O)O)=C(CSc3nnc(C(F)(F)F)s3)CS[C@H]12. The zero-order valence-electron chi connectivity index (χ0n) is 11.6. The van der Waals surface area contributed by atoms with E-state index >= 15 is 0 Å². The van der Waals surface area contributed by atoms with Crippen molar-refractivity contribution in [3.63, 3.8) is 0 Å². The quantitative estimate of drug-likeness (QED) is 0.576. The number of amides is 1. The van der Waals surface area contributed by atoms with Crippen molar-refractivity contribution in [1.82, 2.24) is 15.1 Å². The molecule has 0 aliphatic carbocycles. The summed E-state index contributed by atoms with van der Waals surface area (Å²) in [7, 11) is 0. The van der Waals surface area contributed by atoms with Crippen LogP contribution in [0.3, 0.4) is 0 Å². The third-order valence-electron chi connectivity index (χ3n) is 3.31.